The van der Waals surface area contributed by atoms with Gasteiger partial charge in [-0.1, -0.05) is 23.6 Å². The molecule has 0 aliphatic heterocycles. The van der Waals surface area contributed by atoms with E-state index in [-0.39, 0.29) is 11.4 Å². The van der Waals surface area contributed by atoms with E-state index in [1.807, 2.05) is 25.1 Å². The average molecular weight is 534 g/mol. The number of thiazole rings is 1. The number of ketones is 1. The minimum absolute atomic E-state index is 0.0159. The SMILES string of the molecule is CNc1cnc(C#C/C=C/c2nc3ccc(NCC(=O)COS(=O)(=O)c4ccc(C)cc4)cc3s2)cn1. The summed E-state index contributed by atoms with van der Waals surface area (Å²) < 4.78 is 30.3. The van der Waals surface area contributed by atoms with Gasteiger partial charge < -0.3 is 10.6 Å². The van der Waals surface area contributed by atoms with Crippen LogP contribution in [0.5, 0.6) is 0 Å². The summed E-state index contributed by atoms with van der Waals surface area (Å²) in [6, 6.07) is 11.8. The van der Waals surface area contributed by atoms with Gasteiger partial charge in [0.1, 0.15) is 23.1 Å². The largest absolute Gasteiger partial charge is 0.378 e. The number of Topliss-reactive ketones (excluding diaryl/α,β-unsaturated/α-hetero) is 1. The van der Waals surface area contributed by atoms with Crippen molar-refractivity contribution in [3.8, 4) is 11.8 Å². The Labute approximate surface area is 218 Å². The van der Waals surface area contributed by atoms with Gasteiger partial charge in [0.25, 0.3) is 10.1 Å². The van der Waals surface area contributed by atoms with Gasteiger partial charge in [0.05, 0.1) is 34.1 Å². The molecule has 9 nitrogen and oxygen atoms in total. The van der Waals surface area contributed by atoms with Gasteiger partial charge in [0.2, 0.25) is 0 Å². The number of anilines is 2. The van der Waals surface area contributed by atoms with Crippen LogP contribution in [0.1, 0.15) is 16.3 Å². The van der Waals surface area contributed by atoms with E-state index in [1.165, 1.54) is 23.5 Å². The second-order valence-electron chi connectivity index (χ2n) is 7.80. The number of carbonyl (C=O) groups excluding carboxylic acids is 1. The highest BCUT2D eigenvalue weighted by Gasteiger charge is 2.17. The Bertz CT molecular complexity index is 1600. The van der Waals surface area contributed by atoms with Crippen LogP contribution in [-0.2, 0) is 19.1 Å². The molecule has 0 aliphatic rings. The summed E-state index contributed by atoms with van der Waals surface area (Å²) in [6.45, 7) is 1.23. The lowest BCUT2D eigenvalue weighted by Crippen LogP contribution is -2.21. The van der Waals surface area contributed by atoms with E-state index in [9.17, 15) is 13.2 Å². The monoisotopic (exact) mass is 533 g/mol. The Morgan fingerprint density at radius 2 is 1.95 bits per heavy atom. The van der Waals surface area contributed by atoms with E-state index >= 15 is 0 Å². The molecule has 0 spiro atoms. The van der Waals surface area contributed by atoms with Crippen LogP contribution in [0.2, 0.25) is 0 Å². The molecule has 2 aromatic carbocycles. The van der Waals surface area contributed by atoms with Gasteiger partial charge in [-0.15, -0.1) is 11.3 Å². The fraction of sp³-hybridized carbons (Fsp3) is 0.154. The van der Waals surface area contributed by atoms with Crippen LogP contribution in [-0.4, -0.2) is 49.4 Å². The molecule has 4 aromatic rings. The summed E-state index contributed by atoms with van der Waals surface area (Å²) in [5.74, 6) is 6.11. The number of hydrogen-bond donors (Lipinski definition) is 2. The van der Waals surface area contributed by atoms with Gasteiger partial charge in [-0.3, -0.25) is 8.98 Å². The van der Waals surface area contributed by atoms with E-state index in [4.69, 9.17) is 4.18 Å². The predicted octanol–water partition coefficient (Wildman–Crippen LogP) is 3.89. The lowest BCUT2D eigenvalue weighted by Gasteiger charge is -2.07. The number of benzene rings is 2. The normalized spacial score (nSPS) is 11.3. The molecule has 0 bridgehead atoms. The summed E-state index contributed by atoms with van der Waals surface area (Å²) in [5.41, 5.74) is 3.02. The number of carbonyl (C=O) groups is 1. The first kappa shape index (κ1) is 26.0. The molecule has 0 atom stereocenters. The third-order valence-electron chi connectivity index (χ3n) is 5.00. The molecule has 0 unspecified atom stereocenters. The number of nitrogens with zero attached hydrogens (tertiary/aromatic N) is 3. The lowest BCUT2D eigenvalue weighted by atomic mass is 10.2. The minimum Gasteiger partial charge on any atom is -0.378 e. The maximum Gasteiger partial charge on any atom is 0.297 e. The van der Waals surface area contributed by atoms with Crippen molar-refractivity contribution >= 4 is 55.0 Å². The Morgan fingerprint density at radius 1 is 1.14 bits per heavy atom. The summed E-state index contributed by atoms with van der Waals surface area (Å²) in [7, 11) is -2.22. The van der Waals surface area contributed by atoms with Crippen molar-refractivity contribution in [1.29, 1.82) is 0 Å². The molecule has 4 rings (SSSR count). The van der Waals surface area contributed by atoms with Crippen molar-refractivity contribution in [2.24, 2.45) is 0 Å². The first-order valence-electron chi connectivity index (χ1n) is 11.1. The van der Waals surface area contributed by atoms with Gasteiger partial charge in [0, 0.05) is 12.7 Å². The molecule has 0 radical (unpaired) electrons. The molecule has 2 aromatic heterocycles. The third kappa shape index (κ3) is 7.20. The topological polar surface area (TPSA) is 123 Å². The van der Waals surface area contributed by atoms with Crippen LogP contribution >= 0.6 is 11.3 Å². The van der Waals surface area contributed by atoms with Crippen LogP contribution in [0.3, 0.4) is 0 Å². The van der Waals surface area contributed by atoms with E-state index in [0.29, 0.717) is 17.2 Å². The molecule has 0 saturated carbocycles. The highest BCUT2D eigenvalue weighted by molar-refractivity contribution is 7.86. The standard InChI is InChI=1S/C26H23N5O4S2/c1-18-7-10-22(11-8-18)37(33,34)35-17-21(32)15-28-19-9-12-23-24(13-19)36-26(31-23)6-4-3-5-20-14-30-25(27-2)16-29-20/h4,6-14,16,28H,15,17H2,1-2H3,(H,27,30)/b6-4+. The highest BCUT2D eigenvalue weighted by Crippen LogP contribution is 2.26. The maximum absolute atomic E-state index is 12.2. The Balaban J connectivity index is 1.31. The van der Waals surface area contributed by atoms with Gasteiger partial charge >= 0.3 is 0 Å². The number of allylic oxidation sites excluding steroid dienone is 1. The zero-order chi connectivity index (χ0) is 26.3. The zero-order valence-corrected chi connectivity index (χ0v) is 21.7. The number of aryl methyl sites for hydroxylation is 1. The van der Waals surface area contributed by atoms with Crippen LogP contribution in [0.4, 0.5) is 11.5 Å². The van der Waals surface area contributed by atoms with Crippen LogP contribution in [0.25, 0.3) is 16.3 Å². The van der Waals surface area contributed by atoms with Crippen molar-refractivity contribution in [2.75, 3.05) is 30.8 Å². The van der Waals surface area contributed by atoms with Crippen LogP contribution in [0.15, 0.2) is 65.8 Å². The Morgan fingerprint density at radius 3 is 2.68 bits per heavy atom. The summed E-state index contributed by atoms with van der Waals surface area (Å²) >= 11 is 1.48. The van der Waals surface area contributed by atoms with Crippen LogP contribution < -0.4 is 10.6 Å². The van der Waals surface area contributed by atoms with Crippen molar-refractivity contribution in [1.82, 2.24) is 15.0 Å². The molecular weight excluding hydrogens is 510 g/mol. The fourth-order valence-corrected chi connectivity index (χ4v) is 4.84. The quantitative estimate of drug-likeness (QED) is 0.244. The number of aromatic nitrogens is 3. The number of hydrogen-bond acceptors (Lipinski definition) is 10. The molecular formula is C26H23N5O4S2. The first-order chi connectivity index (χ1) is 17.8. The predicted molar refractivity (Wildman–Crippen MR) is 145 cm³/mol. The second kappa shape index (κ2) is 11.7. The fourth-order valence-electron chi connectivity index (χ4n) is 3.04. The van der Waals surface area contributed by atoms with E-state index in [0.717, 1.165) is 20.8 Å². The van der Waals surface area contributed by atoms with Crippen LogP contribution in [0, 0.1) is 18.8 Å². The first-order valence-corrected chi connectivity index (χ1v) is 13.3. The third-order valence-corrected chi connectivity index (χ3v) is 7.26. The average Bonchev–Trinajstić information content (AvgIpc) is 3.31. The molecule has 37 heavy (non-hydrogen) atoms. The Kier molecular flexibility index (Phi) is 8.25. The Hall–Kier alpha value is -4.11. The molecule has 11 heteroatoms. The van der Waals surface area contributed by atoms with Gasteiger partial charge in [-0.25, -0.2) is 15.0 Å². The molecule has 0 aliphatic carbocycles. The summed E-state index contributed by atoms with van der Waals surface area (Å²) in [5, 5.41) is 6.69. The zero-order valence-electron chi connectivity index (χ0n) is 20.1. The molecule has 2 N–H and O–H groups in total. The van der Waals surface area contributed by atoms with Crippen molar-refractivity contribution < 1.29 is 17.4 Å². The number of fused-ring (bicyclic) bond motifs is 1. The van der Waals surface area contributed by atoms with Gasteiger partial charge in [-0.05, 0) is 55.3 Å². The molecule has 0 fully saturated rings. The second-order valence-corrected chi connectivity index (χ2v) is 10.5. The summed E-state index contributed by atoms with van der Waals surface area (Å²) in [6.07, 6.45) is 6.73. The number of nitrogens with one attached hydrogen (secondary N) is 2. The van der Waals surface area contributed by atoms with Crippen molar-refractivity contribution in [3.05, 3.63) is 77.2 Å². The number of rotatable bonds is 9. The minimum atomic E-state index is -3.99. The molecule has 2 heterocycles. The highest BCUT2D eigenvalue weighted by atomic mass is 32.2. The van der Waals surface area contributed by atoms with Gasteiger partial charge in [0.15, 0.2) is 5.78 Å². The van der Waals surface area contributed by atoms with E-state index in [1.54, 1.807) is 43.7 Å². The van der Waals surface area contributed by atoms with E-state index in [2.05, 4.69) is 37.4 Å². The maximum atomic E-state index is 12.2. The molecule has 188 valence electrons. The lowest BCUT2D eigenvalue weighted by molar-refractivity contribution is -0.119. The van der Waals surface area contributed by atoms with Crippen molar-refractivity contribution in [3.63, 3.8) is 0 Å². The molecule has 0 amide bonds. The smallest absolute Gasteiger partial charge is 0.297 e. The summed E-state index contributed by atoms with van der Waals surface area (Å²) in [4.78, 5) is 25.1. The molecule has 0 saturated heterocycles. The van der Waals surface area contributed by atoms with E-state index < -0.39 is 22.5 Å². The van der Waals surface area contributed by atoms with Crippen molar-refractivity contribution in [2.45, 2.75) is 11.8 Å². The van der Waals surface area contributed by atoms with Gasteiger partial charge in [-0.2, -0.15) is 8.42 Å².